The zero-order valence-electron chi connectivity index (χ0n) is 7.00. The highest BCUT2D eigenvalue weighted by atomic mass is 79.9. The minimum atomic E-state index is 0.419. The summed E-state index contributed by atoms with van der Waals surface area (Å²) < 4.78 is 0.929. The first-order valence-corrected chi connectivity index (χ1v) is 4.28. The number of halogens is 1. The third-order valence-corrected chi connectivity index (χ3v) is 1.89. The quantitative estimate of drug-likeness (QED) is 0.587. The molecule has 0 fully saturated rings. The van der Waals surface area contributed by atoms with E-state index in [2.05, 4.69) is 20.9 Å². The molecule has 0 aliphatic carbocycles. The Hall–Kier alpha value is -0.900. The molecule has 3 nitrogen and oxygen atoms in total. The molecular weight excluding hydrogens is 218 g/mol. The van der Waals surface area contributed by atoms with E-state index in [1.807, 2.05) is 26.2 Å². The van der Waals surface area contributed by atoms with Gasteiger partial charge in [-0.3, -0.25) is 10.4 Å². The topological polar surface area (TPSA) is 40.0 Å². The maximum atomic E-state index is 7.60. The molecule has 0 unspecified atom stereocenters. The average molecular weight is 228 g/mol. The fourth-order valence-corrected chi connectivity index (χ4v) is 0.980. The molecule has 0 saturated heterocycles. The fraction of sp³-hybridized carbons (Fsp3) is 0.250. The highest BCUT2D eigenvalue weighted by Crippen LogP contribution is 2.07. The minimum absolute atomic E-state index is 0.419. The molecule has 1 aromatic heterocycles. The smallest absolute Gasteiger partial charge is 0.146 e. The molecule has 1 heterocycles. The number of rotatable bonds is 1. The minimum Gasteiger partial charge on any atom is -0.361 e. The lowest BCUT2D eigenvalue weighted by Crippen LogP contribution is -2.22. The van der Waals surface area contributed by atoms with Gasteiger partial charge in [-0.15, -0.1) is 0 Å². The van der Waals surface area contributed by atoms with Crippen LogP contribution in [-0.2, 0) is 0 Å². The average Bonchev–Trinajstić information content (AvgIpc) is 2.04. The number of nitrogens with one attached hydrogen (secondary N) is 1. The van der Waals surface area contributed by atoms with Crippen LogP contribution in [0.1, 0.15) is 5.69 Å². The van der Waals surface area contributed by atoms with E-state index in [9.17, 15) is 0 Å². The number of pyridine rings is 1. The zero-order valence-corrected chi connectivity index (χ0v) is 8.59. The number of aromatic nitrogens is 1. The Morgan fingerprint density at radius 2 is 2.17 bits per heavy atom. The van der Waals surface area contributed by atoms with Gasteiger partial charge in [0.1, 0.15) is 11.5 Å². The van der Waals surface area contributed by atoms with Crippen LogP contribution in [0, 0.1) is 5.41 Å². The van der Waals surface area contributed by atoms with Crippen LogP contribution >= 0.6 is 15.9 Å². The van der Waals surface area contributed by atoms with Gasteiger partial charge >= 0.3 is 0 Å². The summed E-state index contributed by atoms with van der Waals surface area (Å²) in [4.78, 5) is 5.80. The highest BCUT2D eigenvalue weighted by Gasteiger charge is 2.03. The Morgan fingerprint density at radius 3 is 2.58 bits per heavy atom. The summed E-state index contributed by atoms with van der Waals surface area (Å²) >= 11 is 3.29. The first-order chi connectivity index (χ1) is 5.61. The van der Waals surface area contributed by atoms with Crippen molar-refractivity contribution in [1.82, 2.24) is 9.88 Å². The van der Waals surface area contributed by atoms with Crippen LogP contribution in [0.3, 0.4) is 0 Å². The van der Waals surface area contributed by atoms with E-state index >= 15 is 0 Å². The van der Waals surface area contributed by atoms with E-state index in [-0.39, 0.29) is 0 Å². The Kier molecular flexibility index (Phi) is 2.81. The number of amidine groups is 1. The van der Waals surface area contributed by atoms with Crippen molar-refractivity contribution < 1.29 is 0 Å². The van der Waals surface area contributed by atoms with Crippen LogP contribution in [0.25, 0.3) is 0 Å². The van der Waals surface area contributed by atoms with Gasteiger partial charge in [-0.2, -0.15) is 0 Å². The van der Waals surface area contributed by atoms with Crippen LogP contribution in [0.5, 0.6) is 0 Å². The Morgan fingerprint density at radius 1 is 1.50 bits per heavy atom. The molecule has 0 bridgehead atoms. The Balaban J connectivity index is 2.90. The van der Waals surface area contributed by atoms with Gasteiger partial charge in [0.05, 0.1) is 0 Å². The fourth-order valence-electron chi connectivity index (χ4n) is 0.745. The first kappa shape index (κ1) is 9.19. The predicted molar refractivity (Wildman–Crippen MR) is 52.5 cm³/mol. The number of nitrogens with zero attached hydrogens (tertiary/aromatic N) is 2. The van der Waals surface area contributed by atoms with Gasteiger partial charge in [0.2, 0.25) is 0 Å². The standard InChI is InChI=1S/C8H10BrN3/c1-12(2)8(10)7-4-3-6(9)5-11-7/h3-5,10H,1-2H3. The van der Waals surface area contributed by atoms with Crippen molar-refractivity contribution >= 4 is 21.8 Å². The van der Waals surface area contributed by atoms with E-state index in [1.54, 1.807) is 11.1 Å². The zero-order chi connectivity index (χ0) is 9.14. The van der Waals surface area contributed by atoms with E-state index < -0.39 is 0 Å². The predicted octanol–water partition coefficient (Wildman–Crippen LogP) is 1.73. The summed E-state index contributed by atoms with van der Waals surface area (Å²) in [5.74, 6) is 0.419. The lowest BCUT2D eigenvalue weighted by atomic mass is 10.3. The van der Waals surface area contributed by atoms with Crippen molar-refractivity contribution in [2.45, 2.75) is 0 Å². The molecule has 0 amide bonds. The molecule has 1 aromatic rings. The van der Waals surface area contributed by atoms with Gasteiger partial charge in [-0.25, -0.2) is 0 Å². The van der Waals surface area contributed by atoms with E-state index in [0.717, 1.165) is 4.47 Å². The molecule has 4 heteroatoms. The molecule has 1 N–H and O–H groups in total. The summed E-state index contributed by atoms with van der Waals surface area (Å²) in [6.45, 7) is 0. The molecular formula is C8H10BrN3. The first-order valence-electron chi connectivity index (χ1n) is 3.49. The molecule has 1 rings (SSSR count). The number of hydrogen-bond acceptors (Lipinski definition) is 2. The van der Waals surface area contributed by atoms with E-state index in [0.29, 0.717) is 11.5 Å². The monoisotopic (exact) mass is 227 g/mol. The second-order valence-corrected chi connectivity index (χ2v) is 3.52. The van der Waals surface area contributed by atoms with Crippen LogP contribution in [0.2, 0.25) is 0 Å². The lowest BCUT2D eigenvalue weighted by molar-refractivity contribution is 0.616. The summed E-state index contributed by atoms with van der Waals surface area (Å²) in [5.41, 5.74) is 0.684. The van der Waals surface area contributed by atoms with E-state index in [1.165, 1.54) is 0 Å². The van der Waals surface area contributed by atoms with Gasteiger partial charge in [0.15, 0.2) is 0 Å². The van der Waals surface area contributed by atoms with Crippen LogP contribution in [0.15, 0.2) is 22.8 Å². The van der Waals surface area contributed by atoms with Crippen molar-refractivity contribution in [3.63, 3.8) is 0 Å². The van der Waals surface area contributed by atoms with Gasteiger partial charge in [-0.1, -0.05) is 0 Å². The molecule has 0 aliphatic heterocycles. The molecule has 0 radical (unpaired) electrons. The maximum Gasteiger partial charge on any atom is 0.146 e. The molecule has 0 spiro atoms. The number of hydrogen-bond donors (Lipinski definition) is 1. The third kappa shape index (κ3) is 2.04. The SMILES string of the molecule is CN(C)C(=N)c1ccc(Br)cn1. The molecule has 0 aromatic carbocycles. The molecule has 0 aliphatic rings. The highest BCUT2D eigenvalue weighted by molar-refractivity contribution is 9.10. The van der Waals surface area contributed by atoms with Crippen LogP contribution in [-0.4, -0.2) is 29.8 Å². The second kappa shape index (κ2) is 3.67. The normalized spacial score (nSPS) is 9.58. The van der Waals surface area contributed by atoms with Crippen LogP contribution < -0.4 is 0 Å². The van der Waals surface area contributed by atoms with Gasteiger partial charge < -0.3 is 4.90 Å². The molecule has 12 heavy (non-hydrogen) atoms. The van der Waals surface area contributed by atoms with Gasteiger partial charge in [0.25, 0.3) is 0 Å². The lowest BCUT2D eigenvalue weighted by Gasteiger charge is -2.12. The van der Waals surface area contributed by atoms with Crippen molar-refractivity contribution in [2.24, 2.45) is 0 Å². The largest absolute Gasteiger partial charge is 0.361 e. The second-order valence-electron chi connectivity index (χ2n) is 2.60. The van der Waals surface area contributed by atoms with Crippen molar-refractivity contribution in [2.75, 3.05) is 14.1 Å². The summed E-state index contributed by atoms with van der Waals surface area (Å²) in [6.07, 6.45) is 1.69. The van der Waals surface area contributed by atoms with Crippen LogP contribution in [0.4, 0.5) is 0 Å². The summed E-state index contributed by atoms with van der Waals surface area (Å²) in [7, 11) is 3.65. The Labute approximate surface area is 80.1 Å². The maximum absolute atomic E-state index is 7.60. The van der Waals surface area contributed by atoms with Gasteiger partial charge in [-0.05, 0) is 28.1 Å². The summed E-state index contributed by atoms with van der Waals surface area (Å²) in [5, 5.41) is 7.60. The van der Waals surface area contributed by atoms with Gasteiger partial charge in [0, 0.05) is 24.8 Å². The van der Waals surface area contributed by atoms with E-state index in [4.69, 9.17) is 5.41 Å². The van der Waals surface area contributed by atoms with Crippen molar-refractivity contribution in [3.8, 4) is 0 Å². The Bertz CT molecular complexity index is 279. The molecule has 0 atom stereocenters. The third-order valence-electron chi connectivity index (χ3n) is 1.42. The van der Waals surface area contributed by atoms with Crippen molar-refractivity contribution in [3.05, 3.63) is 28.5 Å². The molecule has 64 valence electrons. The summed E-state index contributed by atoms with van der Waals surface area (Å²) in [6, 6.07) is 3.69. The molecule has 0 saturated carbocycles. The van der Waals surface area contributed by atoms with Crippen molar-refractivity contribution in [1.29, 1.82) is 5.41 Å².